The zero-order chi connectivity index (χ0) is 17.0. The molecule has 0 radical (unpaired) electrons. The molecule has 1 aromatic carbocycles. The molecular formula is C16H20N2O3S2. The van der Waals surface area contributed by atoms with Gasteiger partial charge >= 0.3 is 0 Å². The summed E-state index contributed by atoms with van der Waals surface area (Å²) in [7, 11) is -3.20. The first-order valence-electron chi connectivity index (χ1n) is 7.23. The van der Waals surface area contributed by atoms with Gasteiger partial charge in [-0.3, -0.25) is 4.79 Å². The van der Waals surface area contributed by atoms with Gasteiger partial charge in [-0.25, -0.2) is 13.4 Å². The molecule has 0 spiro atoms. The first-order chi connectivity index (χ1) is 10.8. The van der Waals surface area contributed by atoms with Crippen molar-refractivity contribution in [3.63, 3.8) is 0 Å². The van der Waals surface area contributed by atoms with E-state index in [0.717, 1.165) is 22.5 Å². The Bertz CT molecular complexity index is 780. The van der Waals surface area contributed by atoms with Crippen molar-refractivity contribution in [1.82, 2.24) is 10.3 Å². The highest BCUT2D eigenvalue weighted by molar-refractivity contribution is 7.90. The Morgan fingerprint density at radius 3 is 2.48 bits per heavy atom. The first kappa shape index (κ1) is 17.6. The Hall–Kier alpha value is -1.73. The highest BCUT2D eigenvalue weighted by atomic mass is 32.2. The second kappa shape index (κ2) is 7.23. The summed E-state index contributed by atoms with van der Waals surface area (Å²) in [5.74, 6) is 0.0856. The van der Waals surface area contributed by atoms with Gasteiger partial charge in [-0.1, -0.05) is 19.1 Å². The van der Waals surface area contributed by atoms with Crippen molar-refractivity contribution in [2.24, 2.45) is 0 Å². The van der Waals surface area contributed by atoms with E-state index in [-0.39, 0.29) is 23.1 Å². The van der Waals surface area contributed by atoms with Gasteiger partial charge in [-0.2, -0.15) is 0 Å². The number of sulfone groups is 1. The molecule has 2 aromatic rings. The summed E-state index contributed by atoms with van der Waals surface area (Å²) >= 11 is 1.60. The maximum Gasteiger partial charge on any atom is 0.224 e. The molecule has 2 rings (SSSR count). The molecule has 1 unspecified atom stereocenters. The van der Waals surface area contributed by atoms with Crippen LogP contribution in [0.2, 0.25) is 0 Å². The van der Waals surface area contributed by atoms with Gasteiger partial charge in [0, 0.05) is 29.8 Å². The van der Waals surface area contributed by atoms with Crippen LogP contribution < -0.4 is 5.32 Å². The molecule has 0 saturated heterocycles. The van der Waals surface area contributed by atoms with Crippen molar-refractivity contribution < 1.29 is 13.2 Å². The van der Waals surface area contributed by atoms with Crippen molar-refractivity contribution in [3.05, 3.63) is 45.9 Å². The molecule has 0 bridgehead atoms. The number of hydrogen-bond donors (Lipinski definition) is 1. The van der Waals surface area contributed by atoms with Gasteiger partial charge in [0.25, 0.3) is 0 Å². The molecule has 7 heteroatoms. The highest BCUT2D eigenvalue weighted by Gasteiger charge is 2.12. The van der Waals surface area contributed by atoms with Gasteiger partial charge in [0.15, 0.2) is 9.84 Å². The summed E-state index contributed by atoms with van der Waals surface area (Å²) in [5.41, 5.74) is 1.78. The smallest absolute Gasteiger partial charge is 0.224 e. The predicted octanol–water partition coefficient (Wildman–Crippen LogP) is 2.32. The fourth-order valence-corrected chi connectivity index (χ4v) is 3.54. The van der Waals surface area contributed by atoms with Gasteiger partial charge in [0.05, 0.1) is 16.3 Å². The first-order valence-corrected chi connectivity index (χ1v) is 10.0. The van der Waals surface area contributed by atoms with Crippen LogP contribution in [0.1, 0.15) is 29.1 Å². The van der Waals surface area contributed by atoms with Gasteiger partial charge < -0.3 is 5.32 Å². The number of carbonyl (C=O) groups is 1. The molecular weight excluding hydrogens is 332 g/mol. The Morgan fingerprint density at radius 1 is 1.30 bits per heavy atom. The molecule has 124 valence electrons. The maximum absolute atomic E-state index is 12.0. The van der Waals surface area contributed by atoms with E-state index >= 15 is 0 Å². The van der Waals surface area contributed by atoms with E-state index < -0.39 is 9.84 Å². The highest BCUT2D eigenvalue weighted by Crippen LogP contribution is 2.19. The van der Waals surface area contributed by atoms with Crippen LogP contribution in [0.5, 0.6) is 0 Å². The Morgan fingerprint density at radius 2 is 1.96 bits per heavy atom. The third kappa shape index (κ3) is 5.14. The van der Waals surface area contributed by atoms with E-state index in [9.17, 15) is 13.2 Å². The molecule has 1 N–H and O–H groups in total. The lowest BCUT2D eigenvalue weighted by molar-refractivity contribution is -0.120. The lowest BCUT2D eigenvalue weighted by atomic mass is 10.1. The van der Waals surface area contributed by atoms with Crippen molar-refractivity contribution in [2.75, 3.05) is 12.8 Å². The quantitative estimate of drug-likeness (QED) is 0.865. The SMILES string of the molecule is Cc1csc(C(C)CNC(=O)Cc2ccc(S(C)(=O)=O)cc2)n1. The van der Waals surface area contributed by atoms with E-state index in [2.05, 4.69) is 10.3 Å². The third-order valence-corrected chi connectivity index (χ3v) is 5.70. The number of nitrogens with one attached hydrogen (secondary N) is 1. The van der Waals surface area contributed by atoms with Crippen LogP contribution in [-0.2, 0) is 21.1 Å². The average molecular weight is 352 g/mol. The maximum atomic E-state index is 12.0. The lowest BCUT2D eigenvalue weighted by Gasteiger charge is -2.10. The average Bonchev–Trinajstić information content (AvgIpc) is 2.91. The van der Waals surface area contributed by atoms with E-state index in [1.165, 1.54) is 12.1 Å². The second-order valence-electron chi connectivity index (χ2n) is 5.63. The van der Waals surface area contributed by atoms with Crippen molar-refractivity contribution >= 4 is 27.1 Å². The number of hydrogen-bond acceptors (Lipinski definition) is 5. The summed E-state index contributed by atoms with van der Waals surface area (Å²) in [4.78, 5) is 16.7. The summed E-state index contributed by atoms with van der Waals surface area (Å²) in [6, 6.07) is 6.39. The van der Waals surface area contributed by atoms with Crippen molar-refractivity contribution in [3.8, 4) is 0 Å². The second-order valence-corrected chi connectivity index (χ2v) is 8.53. The zero-order valence-corrected chi connectivity index (χ0v) is 15.0. The van der Waals surface area contributed by atoms with E-state index in [4.69, 9.17) is 0 Å². The van der Waals surface area contributed by atoms with Gasteiger partial charge in [0.1, 0.15) is 0 Å². The van der Waals surface area contributed by atoms with E-state index in [0.29, 0.717) is 6.54 Å². The molecule has 1 aromatic heterocycles. The minimum absolute atomic E-state index is 0.0859. The van der Waals surface area contributed by atoms with Crippen LogP contribution >= 0.6 is 11.3 Å². The number of thiazole rings is 1. The molecule has 1 amide bonds. The minimum Gasteiger partial charge on any atom is -0.355 e. The van der Waals surface area contributed by atoms with Crippen LogP contribution in [0.3, 0.4) is 0 Å². The van der Waals surface area contributed by atoms with Gasteiger partial charge in [-0.15, -0.1) is 11.3 Å². The van der Waals surface area contributed by atoms with Crippen molar-refractivity contribution in [1.29, 1.82) is 0 Å². The predicted molar refractivity (Wildman–Crippen MR) is 91.5 cm³/mol. The number of carbonyl (C=O) groups excluding carboxylic acids is 1. The van der Waals surface area contributed by atoms with Gasteiger partial charge in [0.2, 0.25) is 5.91 Å². The van der Waals surface area contributed by atoms with E-state index in [1.54, 1.807) is 23.5 Å². The molecule has 5 nitrogen and oxygen atoms in total. The van der Waals surface area contributed by atoms with E-state index in [1.807, 2.05) is 19.2 Å². The van der Waals surface area contributed by atoms with Crippen LogP contribution in [0.4, 0.5) is 0 Å². The zero-order valence-electron chi connectivity index (χ0n) is 13.4. The number of nitrogens with zero attached hydrogens (tertiary/aromatic N) is 1. The van der Waals surface area contributed by atoms with Crippen LogP contribution in [0.15, 0.2) is 34.5 Å². The molecule has 1 heterocycles. The lowest BCUT2D eigenvalue weighted by Crippen LogP contribution is -2.28. The topological polar surface area (TPSA) is 76.1 Å². The molecule has 0 saturated carbocycles. The fourth-order valence-electron chi connectivity index (χ4n) is 2.06. The third-order valence-electron chi connectivity index (χ3n) is 3.38. The molecule has 1 atom stereocenters. The van der Waals surface area contributed by atoms with Crippen LogP contribution in [0.25, 0.3) is 0 Å². The minimum atomic E-state index is -3.20. The fraction of sp³-hybridized carbons (Fsp3) is 0.375. The molecule has 23 heavy (non-hydrogen) atoms. The summed E-state index contributed by atoms with van der Waals surface area (Å²) in [5, 5.41) is 5.90. The molecule has 0 aliphatic carbocycles. The monoisotopic (exact) mass is 352 g/mol. The van der Waals surface area contributed by atoms with Crippen LogP contribution in [0, 0.1) is 6.92 Å². The Kier molecular flexibility index (Phi) is 5.54. The molecule has 0 fully saturated rings. The van der Waals surface area contributed by atoms with Crippen LogP contribution in [-0.4, -0.2) is 32.1 Å². The Balaban J connectivity index is 1.87. The van der Waals surface area contributed by atoms with Crippen molar-refractivity contribution in [2.45, 2.75) is 31.1 Å². The van der Waals surface area contributed by atoms with Gasteiger partial charge in [-0.05, 0) is 24.6 Å². The number of aromatic nitrogens is 1. The normalized spacial score (nSPS) is 12.8. The number of rotatable bonds is 6. The molecule has 0 aliphatic rings. The summed E-state index contributed by atoms with van der Waals surface area (Å²) < 4.78 is 22.8. The number of aryl methyl sites for hydroxylation is 1. The largest absolute Gasteiger partial charge is 0.355 e. The number of benzene rings is 1. The number of amides is 1. The summed E-state index contributed by atoms with van der Waals surface area (Å²) in [6.45, 7) is 4.51. The Labute approximate surface area is 140 Å². The summed E-state index contributed by atoms with van der Waals surface area (Å²) in [6.07, 6.45) is 1.39. The standard InChI is InChI=1S/C16H20N2O3S2/c1-11(16-18-12(2)10-22-16)9-17-15(19)8-13-4-6-14(7-5-13)23(3,20)21/h4-7,10-11H,8-9H2,1-3H3,(H,17,19). The molecule has 0 aliphatic heterocycles.